The van der Waals surface area contributed by atoms with E-state index in [1.54, 1.807) is 12.1 Å². The number of rotatable bonds is 5. The highest BCUT2D eigenvalue weighted by Gasteiger charge is 2.36. The van der Waals surface area contributed by atoms with Crippen molar-refractivity contribution in [2.75, 3.05) is 20.6 Å². The molecular weight excluding hydrogens is 465 g/mol. The first-order valence-corrected chi connectivity index (χ1v) is 10.8. The van der Waals surface area contributed by atoms with Crippen molar-refractivity contribution in [2.24, 2.45) is 11.1 Å². The zero-order valence-electron chi connectivity index (χ0n) is 18.9. The number of benzene rings is 2. The number of nitrogens with zero attached hydrogens (tertiary/aromatic N) is 2. The molecule has 0 N–H and O–H groups in total. The Morgan fingerprint density at radius 1 is 0.912 bits per heavy atom. The molecule has 0 spiro atoms. The van der Waals surface area contributed by atoms with Crippen LogP contribution in [0, 0.1) is 16.6 Å². The molecule has 0 bridgehead atoms. The Morgan fingerprint density at radius 3 is 1.94 bits per heavy atom. The van der Waals surface area contributed by atoms with Gasteiger partial charge in [-0.2, -0.15) is 31.2 Å². The molecule has 0 amide bonds. The topological polar surface area (TPSA) is 32.7 Å². The lowest BCUT2D eigenvalue weighted by atomic mass is 9.78. The lowest BCUT2D eigenvalue weighted by molar-refractivity contribution is -0.143. The molecule has 188 valence electrons. The molecule has 3 rings (SSSR count). The number of halogens is 7. The summed E-state index contributed by atoms with van der Waals surface area (Å²) in [5.41, 5.74) is -2.02. The maximum Gasteiger partial charge on any atom is 0.416 e. The molecule has 0 aromatic heterocycles. The molecule has 0 heterocycles. The molecule has 2 aromatic rings. The summed E-state index contributed by atoms with van der Waals surface area (Å²) in [7, 11) is 4.28. The third-order valence-electron chi connectivity index (χ3n) is 5.64. The van der Waals surface area contributed by atoms with E-state index in [0.717, 1.165) is 5.92 Å². The van der Waals surface area contributed by atoms with Crippen molar-refractivity contribution >= 4 is 0 Å². The van der Waals surface area contributed by atoms with Gasteiger partial charge in [0.2, 0.25) is 0 Å². The van der Waals surface area contributed by atoms with Crippen LogP contribution in [0.1, 0.15) is 53.9 Å². The van der Waals surface area contributed by atoms with Crippen LogP contribution in [0.5, 0.6) is 0 Å². The summed E-state index contributed by atoms with van der Waals surface area (Å²) in [4.78, 5) is 12.2. The molecule has 34 heavy (non-hydrogen) atoms. The predicted molar refractivity (Wildman–Crippen MR) is 116 cm³/mol. The molecule has 1 fully saturated rings. The zero-order valence-corrected chi connectivity index (χ0v) is 18.9. The molecule has 1 aliphatic carbocycles. The largest absolute Gasteiger partial charge is 0.416 e. The van der Waals surface area contributed by atoms with Crippen LogP contribution in [-0.4, -0.2) is 25.5 Å². The fraction of sp³-hybridized carbons (Fsp3) is 0.500. The van der Waals surface area contributed by atoms with Crippen LogP contribution in [0.25, 0.3) is 0 Å². The molecule has 2 unspecified atom stereocenters. The van der Waals surface area contributed by atoms with E-state index in [1.165, 1.54) is 37.8 Å². The quantitative estimate of drug-likeness (QED) is 0.317. The lowest BCUT2D eigenvalue weighted by Crippen LogP contribution is -2.25. The van der Waals surface area contributed by atoms with Crippen LogP contribution in [0.2, 0.25) is 0 Å². The summed E-state index contributed by atoms with van der Waals surface area (Å²) < 4.78 is 86.7. The van der Waals surface area contributed by atoms with Crippen LogP contribution in [-0.2, 0) is 18.9 Å². The van der Waals surface area contributed by atoms with Crippen molar-refractivity contribution in [2.45, 2.75) is 50.5 Å². The van der Waals surface area contributed by atoms with E-state index in [4.69, 9.17) is 0 Å². The van der Waals surface area contributed by atoms with Crippen molar-refractivity contribution in [1.82, 2.24) is 4.90 Å². The molecule has 2 aromatic carbocycles. The fourth-order valence-corrected chi connectivity index (χ4v) is 4.20. The molecule has 2 atom stereocenters. The number of nitroso groups, excluding NO2 is 1. The van der Waals surface area contributed by atoms with Crippen LogP contribution in [0.3, 0.4) is 0 Å². The van der Waals surface area contributed by atoms with Gasteiger partial charge in [-0.25, -0.2) is 4.39 Å². The molecule has 10 heteroatoms. The third-order valence-corrected chi connectivity index (χ3v) is 5.64. The van der Waals surface area contributed by atoms with E-state index in [-0.39, 0.29) is 11.9 Å². The monoisotopic (exact) mass is 492 g/mol. The van der Waals surface area contributed by atoms with Gasteiger partial charge in [0.25, 0.3) is 0 Å². The minimum atomic E-state index is -4.90. The van der Waals surface area contributed by atoms with Gasteiger partial charge in [0.15, 0.2) is 0 Å². The summed E-state index contributed by atoms with van der Waals surface area (Å²) >= 11 is 0. The fourth-order valence-electron chi connectivity index (χ4n) is 4.20. The second kappa shape index (κ2) is 11.8. The van der Waals surface area contributed by atoms with Crippen LogP contribution >= 0.6 is 0 Å². The van der Waals surface area contributed by atoms with Crippen LogP contribution in [0.4, 0.5) is 30.7 Å². The third kappa shape index (κ3) is 8.70. The van der Waals surface area contributed by atoms with Gasteiger partial charge in [-0.1, -0.05) is 23.7 Å². The van der Waals surface area contributed by atoms with Crippen molar-refractivity contribution in [3.8, 4) is 0 Å². The van der Waals surface area contributed by atoms with E-state index >= 15 is 0 Å². The van der Waals surface area contributed by atoms with Gasteiger partial charge in [-0.3, -0.25) is 0 Å². The van der Waals surface area contributed by atoms with Crippen LogP contribution in [0.15, 0.2) is 47.6 Å². The normalized spacial score (nSPS) is 18.9. The molecule has 0 aliphatic heterocycles. The van der Waals surface area contributed by atoms with Crippen molar-refractivity contribution in [3.05, 3.63) is 75.4 Å². The smallest absolute Gasteiger partial charge is 0.309 e. The molecule has 1 saturated carbocycles. The van der Waals surface area contributed by atoms with E-state index in [0.29, 0.717) is 18.1 Å². The highest BCUT2D eigenvalue weighted by Crippen LogP contribution is 2.37. The van der Waals surface area contributed by atoms with Gasteiger partial charge in [-0.15, -0.1) is 0 Å². The van der Waals surface area contributed by atoms with Gasteiger partial charge in [0.05, 0.1) is 11.1 Å². The zero-order chi connectivity index (χ0) is 25.5. The van der Waals surface area contributed by atoms with Crippen LogP contribution < -0.4 is 0 Å². The van der Waals surface area contributed by atoms with Gasteiger partial charge in [0, 0.05) is 6.54 Å². The minimum absolute atomic E-state index is 0.00565. The summed E-state index contributed by atoms with van der Waals surface area (Å²) in [5.74, 6) is 1.30. The summed E-state index contributed by atoms with van der Waals surface area (Å²) in [6, 6.07) is 8.02. The maximum absolute atomic E-state index is 12.9. The standard InChI is InChI=1S/C15H22FN.C9H5F6NO/c1-17(2)11-12-4-3-5-14(10-12)13-6-8-15(16)9-7-13;10-8(11,12)6-1-5(4-16-17)2-7(3-6)9(13,14)15/h6-9,12,14H,3-5,10-11H2,1-2H3;1-3H,4H2. The Bertz CT molecular complexity index is 892. The molecular formula is C24H27F7N2O. The molecule has 1 aliphatic rings. The van der Waals surface area contributed by atoms with Gasteiger partial charge >= 0.3 is 12.4 Å². The minimum Gasteiger partial charge on any atom is -0.309 e. The average molecular weight is 492 g/mol. The highest BCUT2D eigenvalue weighted by atomic mass is 19.4. The number of hydrogen-bond donors (Lipinski definition) is 0. The molecule has 0 radical (unpaired) electrons. The Balaban J connectivity index is 0.000000240. The summed E-state index contributed by atoms with van der Waals surface area (Å²) in [5, 5.41) is 2.27. The Labute approximate surface area is 193 Å². The average Bonchev–Trinajstić information content (AvgIpc) is 2.73. The van der Waals surface area contributed by atoms with Crippen molar-refractivity contribution in [1.29, 1.82) is 0 Å². The summed E-state index contributed by atoms with van der Waals surface area (Å²) in [6.07, 6.45) is -4.65. The second-order valence-electron chi connectivity index (χ2n) is 8.74. The highest BCUT2D eigenvalue weighted by molar-refractivity contribution is 5.33. The number of hydrogen-bond acceptors (Lipinski definition) is 3. The van der Waals surface area contributed by atoms with Gasteiger partial charge < -0.3 is 4.90 Å². The SMILES string of the molecule is CN(C)CC1CCCC(c2ccc(F)cc2)C1.O=NCc1cc(C(F)(F)F)cc(C(F)(F)F)c1. The first-order valence-electron chi connectivity index (χ1n) is 10.8. The Hall–Kier alpha value is -2.49. The second-order valence-corrected chi connectivity index (χ2v) is 8.74. The maximum atomic E-state index is 12.9. The summed E-state index contributed by atoms with van der Waals surface area (Å²) in [6.45, 7) is 0.435. The van der Waals surface area contributed by atoms with E-state index in [2.05, 4.69) is 24.2 Å². The first kappa shape index (κ1) is 27.8. The Morgan fingerprint density at radius 2 is 1.47 bits per heavy atom. The van der Waals surface area contributed by atoms with E-state index < -0.39 is 35.6 Å². The van der Waals surface area contributed by atoms with E-state index in [1.807, 2.05) is 12.1 Å². The molecule has 3 nitrogen and oxygen atoms in total. The number of alkyl halides is 6. The Kier molecular flexibility index (Phi) is 9.61. The predicted octanol–water partition coefficient (Wildman–Crippen LogP) is 7.65. The van der Waals surface area contributed by atoms with E-state index in [9.17, 15) is 35.6 Å². The first-order chi connectivity index (χ1) is 15.8. The van der Waals surface area contributed by atoms with Crippen molar-refractivity contribution < 1.29 is 30.7 Å². The lowest BCUT2D eigenvalue weighted by Gasteiger charge is -2.31. The van der Waals surface area contributed by atoms with Crippen molar-refractivity contribution in [3.63, 3.8) is 0 Å². The van der Waals surface area contributed by atoms with Gasteiger partial charge in [-0.05, 0) is 86.7 Å². The molecule has 0 saturated heterocycles. The van der Waals surface area contributed by atoms with Gasteiger partial charge in [0.1, 0.15) is 12.4 Å².